The first kappa shape index (κ1) is 18.0. The Balaban J connectivity index is 1.38. The van der Waals surface area contributed by atoms with E-state index in [-0.39, 0.29) is 6.29 Å². The number of hydrogen-bond acceptors (Lipinski definition) is 2. The molecule has 3 nitrogen and oxygen atoms in total. The summed E-state index contributed by atoms with van der Waals surface area (Å²) in [5.41, 5.74) is 3.91. The van der Waals surface area contributed by atoms with Crippen LogP contribution in [0.25, 0.3) is 0 Å². The Morgan fingerprint density at radius 3 is 2.68 bits per heavy atom. The lowest BCUT2D eigenvalue weighted by atomic mass is 9.63. The number of quaternary nitrogens is 1. The van der Waals surface area contributed by atoms with Crippen LogP contribution in [-0.4, -0.2) is 38.6 Å². The van der Waals surface area contributed by atoms with E-state index in [0.29, 0.717) is 23.4 Å². The predicted octanol–water partition coefficient (Wildman–Crippen LogP) is 3.35. The van der Waals surface area contributed by atoms with Crippen LogP contribution in [0.1, 0.15) is 72.1 Å². The highest BCUT2D eigenvalue weighted by atomic mass is 16.7. The molecule has 4 rings (SSSR count). The van der Waals surface area contributed by atoms with Gasteiger partial charge < -0.3 is 14.4 Å². The van der Waals surface area contributed by atoms with Crippen molar-refractivity contribution in [3.8, 4) is 0 Å². The molecule has 0 aromatic rings. The molecule has 0 spiro atoms. The lowest BCUT2D eigenvalue weighted by Gasteiger charge is -2.44. The molecule has 2 heterocycles. The van der Waals surface area contributed by atoms with Crippen molar-refractivity contribution in [2.75, 3.05) is 26.2 Å². The molecule has 0 radical (unpaired) electrons. The van der Waals surface area contributed by atoms with Crippen LogP contribution in [0.15, 0.2) is 11.1 Å². The average Bonchev–Trinajstić information content (AvgIpc) is 3.03. The minimum absolute atomic E-state index is 0.0379. The monoisotopic (exact) mass is 348 g/mol. The normalized spacial score (nSPS) is 39.5. The molecule has 0 amide bonds. The van der Waals surface area contributed by atoms with Gasteiger partial charge in [0.25, 0.3) is 0 Å². The predicted molar refractivity (Wildman–Crippen MR) is 101 cm³/mol. The highest BCUT2D eigenvalue weighted by Gasteiger charge is 2.43. The van der Waals surface area contributed by atoms with Crippen molar-refractivity contribution in [2.45, 2.75) is 84.5 Å². The fourth-order valence-electron chi connectivity index (χ4n) is 5.89. The van der Waals surface area contributed by atoms with E-state index in [2.05, 4.69) is 20.8 Å². The van der Waals surface area contributed by atoms with Crippen LogP contribution in [0.3, 0.4) is 0 Å². The number of ether oxygens (including phenoxy) is 2. The van der Waals surface area contributed by atoms with Gasteiger partial charge in [-0.3, -0.25) is 0 Å². The third-order valence-electron chi connectivity index (χ3n) is 7.46. The molecule has 2 aliphatic heterocycles. The zero-order valence-electron chi connectivity index (χ0n) is 16.6. The minimum atomic E-state index is 0.0379. The second-order valence-electron chi connectivity index (χ2n) is 9.84. The summed E-state index contributed by atoms with van der Waals surface area (Å²) in [5.74, 6) is 1.25. The van der Waals surface area contributed by atoms with Gasteiger partial charge in [0.2, 0.25) is 0 Å². The van der Waals surface area contributed by atoms with E-state index < -0.39 is 0 Å². The summed E-state index contributed by atoms with van der Waals surface area (Å²) >= 11 is 0. The second-order valence-corrected chi connectivity index (χ2v) is 9.84. The summed E-state index contributed by atoms with van der Waals surface area (Å²) in [7, 11) is 0. The molecule has 4 atom stereocenters. The van der Waals surface area contributed by atoms with Gasteiger partial charge in [0.1, 0.15) is 12.6 Å². The molecule has 0 unspecified atom stereocenters. The molecule has 0 saturated carbocycles. The van der Waals surface area contributed by atoms with Gasteiger partial charge in [0.15, 0.2) is 6.29 Å². The van der Waals surface area contributed by atoms with Crippen LogP contribution in [0.2, 0.25) is 0 Å². The van der Waals surface area contributed by atoms with E-state index in [1.54, 1.807) is 16.0 Å². The molecule has 2 saturated heterocycles. The molecule has 1 N–H and O–H groups in total. The third kappa shape index (κ3) is 3.84. The SMILES string of the molecule is C[C@@H]1CC2=C(C[C@@H]1[C@@H]1OC[C@H](C[NH+]3CCCCC3)O1)C(C)(C)CCC2. The van der Waals surface area contributed by atoms with Crippen LogP contribution >= 0.6 is 0 Å². The lowest BCUT2D eigenvalue weighted by Crippen LogP contribution is -3.13. The van der Waals surface area contributed by atoms with Crippen LogP contribution in [0.5, 0.6) is 0 Å². The van der Waals surface area contributed by atoms with Crippen LogP contribution in [-0.2, 0) is 9.47 Å². The zero-order valence-corrected chi connectivity index (χ0v) is 16.6. The summed E-state index contributed by atoms with van der Waals surface area (Å²) in [6, 6.07) is 0. The molecule has 142 valence electrons. The zero-order chi connectivity index (χ0) is 17.4. The first-order chi connectivity index (χ1) is 12.0. The Hall–Kier alpha value is -0.380. The van der Waals surface area contributed by atoms with Gasteiger partial charge in [-0.2, -0.15) is 0 Å². The Labute approximate surface area is 154 Å². The Kier molecular flexibility index (Phi) is 5.28. The van der Waals surface area contributed by atoms with E-state index in [9.17, 15) is 0 Å². The Morgan fingerprint density at radius 1 is 1.08 bits per heavy atom. The molecule has 2 aliphatic carbocycles. The number of nitrogens with one attached hydrogen (secondary N) is 1. The highest BCUT2D eigenvalue weighted by molar-refractivity contribution is 5.27. The van der Waals surface area contributed by atoms with Gasteiger partial charge in [-0.1, -0.05) is 31.9 Å². The lowest BCUT2D eigenvalue weighted by molar-refractivity contribution is -0.907. The average molecular weight is 349 g/mol. The maximum atomic E-state index is 6.46. The number of likely N-dealkylation sites (tertiary alicyclic amines) is 1. The van der Waals surface area contributed by atoms with Crippen molar-refractivity contribution in [3.05, 3.63) is 11.1 Å². The fraction of sp³-hybridized carbons (Fsp3) is 0.909. The summed E-state index contributed by atoms with van der Waals surface area (Å²) in [4.78, 5) is 1.73. The maximum Gasteiger partial charge on any atom is 0.161 e. The Bertz CT molecular complexity index is 506. The molecule has 0 aromatic carbocycles. The minimum Gasteiger partial charge on any atom is -0.349 e. The highest BCUT2D eigenvalue weighted by Crippen LogP contribution is 2.50. The van der Waals surface area contributed by atoms with Gasteiger partial charge >= 0.3 is 0 Å². The summed E-state index contributed by atoms with van der Waals surface area (Å²) in [5, 5.41) is 0. The summed E-state index contributed by atoms with van der Waals surface area (Å²) in [6.45, 7) is 11.9. The molecule has 25 heavy (non-hydrogen) atoms. The van der Waals surface area contributed by atoms with Crippen LogP contribution in [0.4, 0.5) is 0 Å². The van der Waals surface area contributed by atoms with E-state index in [4.69, 9.17) is 9.47 Å². The number of allylic oxidation sites excluding steroid dienone is 2. The van der Waals surface area contributed by atoms with Crippen molar-refractivity contribution >= 4 is 0 Å². The van der Waals surface area contributed by atoms with Gasteiger partial charge in [-0.05, 0) is 62.7 Å². The van der Waals surface area contributed by atoms with E-state index >= 15 is 0 Å². The first-order valence-corrected chi connectivity index (χ1v) is 10.8. The van der Waals surface area contributed by atoms with Crippen LogP contribution < -0.4 is 4.90 Å². The molecular formula is C22H38NO2+. The summed E-state index contributed by atoms with van der Waals surface area (Å²) in [6.07, 6.45) is 11.1. The van der Waals surface area contributed by atoms with E-state index in [1.165, 1.54) is 64.5 Å². The number of rotatable bonds is 3. The molecule has 0 aromatic heterocycles. The molecule has 3 heteroatoms. The molecule has 4 aliphatic rings. The van der Waals surface area contributed by atoms with Gasteiger partial charge in [0, 0.05) is 5.92 Å². The molecular weight excluding hydrogens is 310 g/mol. The van der Waals surface area contributed by atoms with E-state index in [0.717, 1.165) is 13.2 Å². The van der Waals surface area contributed by atoms with Gasteiger partial charge in [-0.25, -0.2) is 0 Å². The van der Waals surface area contributed by atoms with Crippen molar-refractivity contribution in [1.82, 2.24) is 0 Å². The van der Waals surface area contributed by atoms with Crippen LogP contribution in [0, 0.1) is 17.3 Å². The van der Waals surface area contributed by atoms with Crippen molar-refractivity contribution in [1.29, 1.82) is 0 Å². The van der Waals surface area contributed by atoms with Gasteiger partial charge in [0.05, 0.1) is 19.7 Å². The first-order valence-electron chi connectivity index (χ1n) is 10.8. The largest absolute Gasteiger partial charge is 0.349 e. The molecule has 0 bridgehead atoms. The summed E-state index contributed by atoms with van der Waals surface area (Å²) < 4.78 is 12.7. The molecule has 2 fully saturated rings. The van der Waals surface area contributed by atoms with Crippen molar-refractivity contribution < 1.29 is 14.4 Å². The third-order valence-corrected chi connectivity index (χ3v) is 7.46. The van der Waals surface area contributed by atoms with Gasteiger partial charge in [-0.15, -0.1) is 0 Å². The van der Waals surface area contributed by atoms with Crippen molar-refractivity contribution in [3.63, 3.8) is 0 Å². The number of hydrogen-bond donors (Lipinski definition) is 1. The maximum absolute atomic E-state index is 6.46. The Morgan fingerprint density at radius 2 is 1.88 bits per heavy atom. The smallest absolute Gasteiger partial charge is 0.161 e. The van der Waals surface area contributed by atoms with E-state index in [1.807, 2.05) is 0 Å². The number of piperidine rings is 1. The standard InChI is InChI=1S/C22H37NO2/c1-16-12-17-8-7-9-22(2,3)20(17)13-19(16)21-24-15-18(25-21)14-23-10-5-4-6-11-23/h16,18-19,21H,4-15H2,1-3H3/p+1/t16-,18+,19+,21-/m1/s1. The van der Waals surface area contributed by atoms with Crippen molar-refractivity contribution in [2.24, 2.45) is 17.3 Å². The fourth-order valence-corrected chi connectivity index (χ4v) is 5.89. The quantitative estimate of drug-likeness (QED) is 0.791. The second kappa shape index (κ2) is 7.32. The topological polar surface area (TPSA) is 22.9 Å².